The van der Waals surface area contributed by atoms with Crippen molar-refractivity contribution in [1.29, 1.82) is 0 Å². The molecule has 3 aromatic carbocycles. The monoisotopic (exact) mass is 520 g/mol. The van der Waals surface area contributed by atoms with Gasteiger partial charge in [-0.3, -0.25) is 4.79 Å². The molecular formula is C27H25BrN2O4. The minimum absolute atomic E-state index is 0.0897. The lowest BCUT2D eigenvalue weighted by Gasteiger charge is -2.29. The van der Waals surface area contributed by atoms with Gasteiger partial charge in [-0.05, 0) is 41.5 Å². The second kappa shape index (κ2) is 9.60. The van der Waals surface area contributed by atoms with Gasteiger partial charge in [0, 0.05) is 41.6 Å². The Labute approximate surface area is 206 Å². The fourth-order valence-corrected chi connectivity index (χ4v) is 4.96. The van der Waals surface area contributed by atoms with Crippen LogP contribution >= 0.6 is 15.9 Å². The van der Waals surface area contributed by atoms with E-state index in [1.165, 1.54) is 0 Å². The van der Waals surface area contributed by atoms with Gasteiger partial charge in [-0.15, -0.1) is 0 Å². The topological polar surface area (TPSA) is 80.2 Å². The average Bonchev–Trinajstić information content (AvgIpc) is 3.17. The van der Waals surface area contributed by atoms with Crippen LogP contribution in [0.25, 0.3) is 0 Å². The van der Waals surface area contributed by atoms with Crippen LogP contribution in [0.2, 0.25) is 0 Å². The molecule has 0 bridgehead atoms. The first-order valence-electron chi connectivity index (χ1n) is 11.3. The Bertz CT molecular complexity index is 1230. The van der Waals surface area contributed by atoms with E-state index in [4.69, 9.17) is 19.6 Å². The average molecular weight is 521 g/mol. The summed E-state index contributed by atoms with van der Waals surface area (Å²) >= 11 is 3.65. The highest BCUT2D eigenvalue weighted by atomic mass is 79.9. The van der Waals surface area contributed by atoms with E-state index in [-0.39, 0.29) is 12.5 Å². The van der Waals surface area contributed by atoms with Gasteiger partial charge < -0.3 is 19.9 Å². The SMILES string of the molecule is O=C1NCc2ccccc2C[C@@]12N=C(c1ccc(OCCCO)cc1)O[C@H]2c1ccccc1Br. The molecule has 2 heterocycles. The number of aliphatic imine (C=N–C) groups is 1. The Morgan fingerprint density at radius 3 is 2.56 bits per heavy atom. The molecule has 0 saturated heterocycles. The van der Waals surface area contributed by atoms with Crippen LogP contribution < -0.4 is 10.1 Å². The lowest BCUT2D eigenvalue weighted by atomic mass is 9.82. The van der Waals surface area contributed by atoms with E-state index in [0.29, 0.717) is 37.6 Å². The van der Waals surface area contributed by atoms with Crippen LogP contribution in [0.5, 0.6) is 5.75 Å². The van der Waals surface area contributed by atoms with Gasteiger partial charge in [-0.1, -0.05) is 58.4 Å². The molecule has 2 aliphatic rings. The van der Waals surface area contributed by atoms with Crippen LogP contribution in [-0.4, -0.2) is 35.7 Å². The number of carbonyl (C=O) groups excluding carboxylic acids is 1. The van der Waals surface area contributed by atoms with Gasteiger partial charge in [-0.2, -0.15) is 0 Å². The number of nitrogens with one attached hydrogen (secondary N) is 1. The summed E-state index contributed by atoms with van der Waals surface area (Å²) in [4.78, 5) is 18.6. The van der Waals surface area contributed by atoms with Gasteiger partial charge >= 0.3 is 0 Å². The highest BCUT2D eigenvalue weighted by Gasteiger charge is 2.54. The summed E-state index contributed by atoms with van der Waals surface area (Å²) < 4.78 is 13.0. The lowest BCUT2D eigenvalue weighted by Crippen LogP contribution is -2.48. The number of halogens is 1. The zero-order chi connectivity index (χ0) is 23.5. The van der Waals surface area contributed by atoms with Gasteiger partial charge in [0.15, 0.2) is 11.6 Å². The maximum Gasteiger partial charge on any atom is 0.252 e. The van der Waals surface area contributed by atoms with Crippen molar-refractivity contribution in [3.8, 4) is 5.75 Å². The lowest BCUT2D eigenvalue weighted by molar-refractivity contribution is -0.128. The van der Waals surface area contributed by atoms with Gasteiger partial charge in [0.25, 0.3) is 5.91 Å². The maximum atomic E-state index is 13.6. The number of fused-ring (bicyclic) bond motifs is 1. The van der Waals surface area contributed by atoms with Crippen molar-refractivity contribution < 1.29 is 19.4 Å². The summed E-state index contributed by atoms with van der Waals surface area (Å²) in [6, 6.07) is 23.3. The van der Waals surface area contributed by atoms with Crippen molar-refractivity contribution >= 4 is 27.7 Å². The molecule has 2 aliphatic heterocycles. The van der Waals surface area contributed by atoms with E-state index in [0.717, 1.165) is 26.7 Å². The number of benzene rings is 3. The molecule has 0 unspecified atom stereocenters. The van der Waals surface area contributed by atoms with Crippen LogP contribution in [0, 0.1) is 0 Å². The third-order valence-corrected chi connectivity index (χ3v) is 6.96. The molecule has 3 aromatic rings. The molecule has 0 aliphatic carbocycles. The van der Waals surface area contributed by atoms with Crippen LogP contribution in [0.3, 0.4) is 0 Å². The van der Waals surface area contributed by atoms with Gasteiger partial charge in [-0.25, -0.2) is 4.99 Å². The summed E-state index contributed by atoms with van der Waals surface area (Å²) in [6.45, 7) is 0.997. The number of aliphatic hydroxyl groups is 1. The normalized spacial score (nSPS) is 21.3. The smallest absolute Gasteiger partial charge is 0.252 e. The van der Waals surface area contributed by atoms with Crippen molar-refractivity contribution in [2.75, 3.05) is 13.2 Å². The number of hydrogen-bond donors (Lipinski definition) is 2. The third-order valence-electron chi connectivity index (χ3n) is 6.24. The summed E-state index contributed by atoms with van der Waals surface area (Å²) in [5, 5.41) is 12.0. The molecule has 5 rings (SSSR count). The number of nitrogens with zero attached hydrogens (tertiary/aromatic N) is 1. The van der Waals surface area contributed by atoms with E-state index in [2.05, 4.69) is 27.3 Å². The Balaban J connectivity index is 1.55. The minimum Gasteiger partial charge on any atom is -0.494 e. The van der Waals surface area contributed by atoms with Crippen molar-refractivity contribution in [1.82, 2.24) is 5.32 Å². The second-order valence-corrected chi connectivity index (χ2v) is 9.29. The first kappa shape index (κ1) is 22.6. The number of amides is 1. The largest absolute Gasteiger partial charge is 0.494 e. The molecule has 7 heteroatoms. The Kier molecular flexibility index (Phi) is 6.39. The Morgan fingerprint density at radius 1 is 1.06 bits per heavy atom. The number of hydrogen-bond acceptors (Lipinski definition) is 5. The van der Waals surface area contributed by atoms with Gasteiger partial charge in [0.2, 0.25) is 5.90 Å². The number of carbonyl (C=O) groups is 1. The molecule has 0 fully saturated rings. The molecule has 1 spiro atoms. The van der Waals surface area contributed by atoms with Crippen LogP contribution in [0.4, 0.5) is 0 Å². The first-order valence-corrected chi connectivity index (χ1v) is 12.1. The number of aliphatic hydroxyl groups excluding tert-OH is 1. The van der Waals surface area contributed by atoms with Gasteiger partial charge in [0.1, 0.15) is 5.75 Å². The highest BCUT2D eigenvalue weighted by molar-refractivity contribution is 9.10. The fraction of sp³-hybridized carbons (Fsp3) is 0.259. The standard InChI is InChI=1S/C27H25BrN2O4/c28-23-9-4-3-8-22(23)24-27(16-19-6-1-2-7-20(19)17-29-26(27)32)30-25(34-24)18-10-12-21(13-11-18)33-15-5-14-31/h1-4,6-13,24,31H,5,14-17H2,(H,29,32)/t24-,27-/m0/s1. The van der Waals surface area contributed by atoms with Crippen molar-refractivity contribution in [3.05, 3.63) is 99.5 Å². The third kappa shape index (κ3) is 4.21. The molecule has 1 amide bonds. The predicted molar refractivity (Wildman–Crippen MR) is 133 cm³/mol. The first-order chi connectivity index (χ1) is 16.6. The van der Waals surface area contributed by atoms with E-state index in [9.17, 15) is 4.79 Å². The summed E-state index contributed by atoms with van der Waals surface area (Å²) in [7, 11) is 0. The summed E-state index contributed by atoms with van der Waals surface area (Å²) in [6.07, 6.45) is 0.418. The van der Waals surface area contributed by atoms with E-state index >= 15 is 0 Å². The molecule has 6 nitrogen and oxygen atoms in total. The van der Waals surface area contributed by atoms with Crippen LogP contribution in [-0.2, 0) is 22.5 Å². The quantitative estimate of drug-likeness (QED) is 0.473. The number of rotatable bonds is 6. The van der Waals surface area contributed by atoms with Gasteiger partial charge in [0.05, 0.1) is 6.61 Å². The molecule has 0 saturated carbocycles. The maximum absolute atomic E-state index is 13.6. The minimum atomic E-state index is -1.14. The molecular weight excluding hydrogens is 496 g/mol. The zero-order valence-corrected chi connectivity index (χ0v) is 20.1. The second-order valence-electron chi connectivity index (χ2n) is 8.44. The molecule has 0 aromatic heterocycles. The molecule has 34 heavy (non-hydrogen) atoms. The van der Waals surface area contributed by atoms with Crippen molar-refractivity contribution in [2.45, 2.75) is 31.0 Å². The molecule has 2 atom stereocenters. The fourth-order valence-electron chi connectivity index (χ4n) is 4.47. The Morgan fingerprint density at radius 2 is 1.79 bits per heavy atom. The molecule has 0 radical (unpaired) electrons. The summed E-state index contributed by atoms with van der Waals surface area (Å²) in [5.74, 6) is 0.981. The number of ether oxygens (including phenoxy) is 2. The highest BCUT2D eigenvalue weighted by Crippen LogP contribution is 2.45. The van der Waals surface area contributed by atoms with E-state index in [1.54, 1.807) is 0 Å². The molecule has 2 N–H and O–H groups in total. The van der Waals surface area contributed by atoms with Crippen molar-refractivity contribution in [3.63, 3.8) is 0 Å². The predicted octanol–water partition coefficient (Wildman–Crippen LogP) is 4.34. The van der Waals surface area contributed by atoms with E-state index < -0.39 is 11.6 Å². The van der Waals surface area contributed by atoms with Crippen LogP contribution in [0.1, 0.15) is 34.8 Å². The van der Waals surface area contributed by atoms with Crippen LogP contribution in [0.15, 0.2) is 82.3 Å². The molecule has 174 valence electrons. The summed E-state index contributed by atoms with van der Waals surface area (Å²) in [5.41, 5.74) is 2.68. The zero-order valence-electron chi connectivity index (χ0n) is 18.5. The Hall–Kier alpha value is -3.16. The van der Waals surface area contributed by atoms with Crippen molar-refractivity contribution in [2.24, 2.45) is 4.99 Å². The van der Waals surface area contributed by atoms with E-state index in [1.807, 2.05) is 66.7 Å².